The van der Waals surface area contributed by atoms with Crippen LogP contribution in [0.3, 0.4) is 0 Å². The number of halogens is 2. The topological polar surface area (TPSA) is 84.0 Å². The molecule has 0 spiro atoms. The number of carbonyl (C=O) groups excluding carboxylic acids is 2. The summed E-state index contributed by atoms with van der Waals surface area (Å²) in [5.74, 6) is -0.886. The average molecular weight is 407 g/mol. The van der Waals surface area contributed by atoms with E-state index in [4.69, 9.17) is 23.2 Å². The van der Waals surface area contributed by atoms with Gasteiger partial charge in [-0.3, -0.25) is 14.9 Å². The zero-order valence-corrected chi connectivity index (χ0v) is 15.5. The van der Waals surface area contributed by atoms with Crippen LogP contribution in [0.1, 0.15) is 10.4 Å². The second-order valence-electron chi connectivity index (χ2n) is 5.13. The third-order valence-corrected chi connectivity index (χ3v) is 4.71. The molecule has 132 valence electrons. The molecule has 2 aromatic carbocycles. The molecule has 0 aliphatic heterocycles. The Morgan fingerprint density at radius 1 is 1.04 bits per heavy atom. The van der Waals surface area contributed by atoms with E-state index in [1.807, 2.05) is 30.3 Å². The van der Waals surface area contributed by atoms with Gasteiger partial charge in [-0.25, -0.2) is 0 Å². The van der Waals surface area contributed by atoms with Gasteiger partial charge in [-0.1, -0.05) is 64.9 Å². The van der Waals surface area contributed by atoms with Gasteiger partial charge in [-0.05, 0) is 18.2 Å². The Kier molecular flexibility index (Phi) is 5.82. The Balaban J connectivity index is 1.56. The highest BCUT2D eigenvalue weighted by atomic mass is 35.5. The molecule has 0 aliphatic rings. The molecule has 0 unspecified atom stereocenters. The normalized spacial score (nSPS) is 10.4. The summed E-state index contributed by atoms with van der Waals surface area (Å²) in [5.41, 5.74) is 1.15. The van der Waals surface area contributed by atoms with E-state index in [9.17, 15) is 9.59 Å². The largest absolute Gasteiger partial charge is 0.343 e. The van der Waals surface area contributed by atoms with Crippen molar-refractivity contribution < 1.29 is 9.59 Å². The molecule has 0 saturated heterocycles. The first-order chi connectivity index (χ1) is 12.5. The Morgan fingerprint density at radius 2 is 1.81 bits per heavy atom. The SMILES string of the molecule is O=C(CNC(=O)c1ccc(Cl)cc1Cl)Nc1nnc(-c2ccccc2)s1. The van der Waals surface area contributed by atoms with E-state index in [0.717, 1.165) is 5.56 Å². The third kappa shape index (κ3) is 4.57. The van der Waals surface area contributed by atoms with E-state index in [1.54, 1.807) is 6.07 Å². The smallest absolute Gasteiger partial charge is 0.253 e. The van der Waals surface area contributed by atoms with Crippen molar-refractivity contribution in [1.29, 1.82) is 0 Å². The number of hydrogen-bond acceptors (Lipinski definition) is 5. The first-order valence-electron chi connectivity index (χ1n) is 7.45. The van der Waals surface area contributed by atoms with Crippen molar-refractivity contribution in [1.82, 2.24) is 15.5 Å². The van der Waals surface area contributed by atoms with Gasteiger partial charge in [0.25, 0.3) is 5.91 Å². The number of benzene rings is 2. The van der Waals surface area contributed by atoms with Gasteiger partial charge in [0.1, 0.15) is 5.01 Å². The van der Waals surface area contributed by atoms with Crippen molar-refractivity contribution in [2.75, 3.05) is 11.9 Å². The molecule has 0 saturated carbocycles. The van der Waals surface area contributed by atoms with Gasteiger partial charge >= 0.3 is 0 Å². The fourth-order valence-corrected chi connectivity index (χ4v) is 3.32. The van der Waals surface area contributed by atoms with E-state index in [-0.39, 0.29) is 17.1 Å². The molecule has 1 aromatic heterocycles. The van der Waals surface area contributed by atoms with Gasteiger partial charge in [0.2, 0.25) is 11.0 Å². The second-order valence-corrected chi connectivity index (χ2v) is 6.95. The van der Waals surface area contributed by atoms with E-state index in [2.05, 4.69) is 20.8 Å². The summed E-state index contributed by atoms with van der Waals surface area (Å²) in [6.45, 7) is -0.224. The van der Waals surface area contributed by atoms with Gasteiger partial charge < -0.3 is 5.32 Å². The van der Waals surface area contributed by atoms with E-state index >= 15 is 0 Å². The monoisotopic (exact) mass is 406 g/mol. The average Bonchev–Trinajstić information content (AvgIpc) is 3.09. The van der Waals surface area contributed by atoms with Crippen molar-refractivity contribution >= 4 is 51.5 Å². The highest BCUT2D eigenvalue weighted by Crippen LogP contribution is 2.25. The summed E-state index contributed by atoms with van der Waals surface area (Å²) in [6.07, 6.45) is 0. The molecule has 6 nitrogen and oxygen atoms in total. The number of hydrogen-bond donors (Lipinski definition) is 2. The Hall–Kier alpha value is -2.48. The summed E-state index contributed by atoms with van der Waals surface area (Å²) < 4.78 is 0. The summed E-state index contributed by atoms with van der Waals surface area (Å²) in [4.78, 5) is 24.1. The minimum atomic E-state index is -0.468. The predicted octanol–water partition coefficient (Wildman–Crippen LogP) is 3.88. The molecule has 0 radical (unpaired) electrons. The summed E-state index contributed by atoms with van der Waals surface area (Å²) in [5, 5.41) is 14.8. The van der Waals surface area contributed by atoms with E-state index in [0.29, 0.717) is 15.2 Å². The van der Waals surface area contributed by atoms with Crippen molar-refractivity contribution in [2.24, 2.45) is 0 Å². The summed E-state index contributed by atoms with van der Waals surface area (Å²) in [6, 6.07) is 14.0. The van der Waals surface area contributed by atoms with Gasteiger partial charge in [-0.2, -0.15) is 0 Å². The van der Waals surface area contributed by atoms with Gasteiger partial charge in [0.15, 0.2) is 0 Å². The van der Waals surface area contributed by atoms with Crippen molar-refractivity contribution in [3.05, 3.63) is 64.1 Å². The van der Waals surface area contributed by atoms with Crippen LogP contribution in [0, 0.1) is 0 Å². The number of nitrogens with zero attached hydrogens (tertiary/aromatic N) is 2. The number of aromatic nitrogens is 2. The molecule has 3 aromatic rings. The number of nitrogens with one attached hydrogen (secondary N) is 2. The lowest BCUT2D eigenvalue weighted by Gasteiger charge is -2.06. The van der Waals surface area contributed by atoms with Crippen LogP contribution in [-0.2, 0) is 4.79 Å². The molecular weight excluding hydrogens is 395 g/mol. The molecule has 0 atom stereocenters. The standard InChI is InChI=1S/C17H12Cl2N4O2S/c18-11-6-7-12(13(19)8-11)15(25)20-9-14(24)21-17-23-22-16(26-17)10-4-2-1-3-5-10/h1-8H,9H2,(H,20,25)(H,21,23,24). The third-order valence-electron chi connectivity index (χ3n) is 3.28. The van der Waals surface area contributed by atoms with Crippen molar-refractivity contribution in [3.63, 3.8) is 0 Å². The second kappa shape index (κ2) is 8.27. The molecule has 0 fully saturated rings. The lowest BCUT2D eigenvalue weighted by Crippen LogP contribution is -2.33. The van der Waals surface area contributed by atoms with Crippen LogP contribution >= 0.6 is 34.5 Å². The predicted molar refractivity (Wildman–Crippen MR) is 103 cm³/mol. The summed E-state index contributed by atoms with van der Waals surface area (Å²) >= 11 is 13.0. The molecule has 3 rings (SSSR count). The highest BCUT2D eigenvalue weighted by Gasteiger charge is 2.13. The maximum atomic E-state index is 12.1. The first kappa shape index (κ1) is 18.3. The Bertz CT molecular complexity index is 947. The minimum absolute atomic E-state index is 0.215. The zero-order valence-electron chi connectivity index (χ0n) is 13.2. The zero-order chi connectivity index (χ0) is 18.5. The number of carbonyl (C=O) groups is 2. The first-order valence-corrected chi connectivity index (χ1v) is 9.02. The maximum Gasteiger partial charge on any atom is 0.253 e. The quantitative estimate of drug-likeness (QED) is 0.673. The van der Waals surface area contributed by atoms with Crippen molar-refractivity contribution in [2.45, 2.75) is 0 Å². The molecule has 1 heterocycles. The van der Waals surface area contributed by atoms with Crippen molar-refractivity contribution in [3.8, 4) is 10.6 Å². The molecule has 0 bridgehead atoms. The van der Waals surface area contributed by atoms with Crippen LogP contribution < -0.4 is 10.6 Å². The molecule has 9 heteroatoms. The molecular formula is C17H12Cl2N4O2S. The van der Waals surface area contributed by atoms with E-state index in [1.165, 1.54) is 23.5 Å². The van der Waals surface area contributed by atoms with Crippen LogP contribution in [0.25, 0.3) is 10.6 Å². The Labute approximate surface area is 163 Å². The minimum Gasteiger partial charge on any atom is -0.343 e. The highest BCUT2D eigenvalue weighted by molar-refractivity contribution is 7.18. The van der Waals surface area contributed by atoms with Gasteiger partial charge in [0.05, 0.1) is 17.1 Å². The van der Waals surface area contributed by atoms with Crippen LogP contribution in [0.15, 0.2) is 48.5 Å². The Morgan fingerprint density at radius 3 is 2.54 bits per heavy atom. The van der Waals surface area contributed by atoms with Gasteiger partial charge in [-0.15, -0.1) is 10.2 Å². The van der Waals surface area contributed by atoms with E-state index < -0.39 is 11.8 Å². The molecule has 26 heavy (non-hydrogen) atoms. The molecule has 2 N–H and O–H groups in total. The van der Waals surface area contributed by atoms with Crippen LogP contribution in [0.5, 0.6) is 0 Å². The van der Waals surface area contributed by atoms with Crippen LogP contribution in [0.4, 0.5) is 5.13 Å². The lowest BCUT2D eigenvalue weighted by molar-refractivity contribution is -0.115. The lowest BCUT2D eigenvalue weighted by atomic mass is 10.2. The number of amides is 2. The fraction of sp³-hybridized carbons (Fsp3) is 0.0588. The maximum absolute atomic E-state index is 12.1. The van der Waals surface area contributed by atoms with Crippen LogP contribution in [0.2, 0.25) is 10.0 Å². The van der Waals surface area contributed by atoms with Crippen LogP contribution in [-0.4, -0.2) is 28.6 Å². The number of rotatable bonds is 5. The summed E-state index contributed by atoms with van der Waals surface area (Å²) in [7, 11) is 0. The number of anilines is 1. The fourth-order valence-electron chi connectivity index (χ4n) is 2.06. The molecule has 2 amide bonds. The molecule has 0 aliphatic carbocycles. The van der Waals surface area contributed by atoms with Gasteiger partial charge in [0, 0.05) is 10.6 Å².